The van der Waals surface area contributed by atoms with E-state index in [1.54, 1.807) is 6.92 Å². The molecule has 8 heteroatoms. The summed E-state index contributed by atoms with van der Waals surface area (Å²) < 4.78 is 41.8. The fraction of sp³-hybridized carbons (Fsp3) is 0.269. The van der Waals surface area contributed by atoms with Crippen LogP contribution in [0.3, 0.4) is 0 Å². The van der Waals surface area contributed by atoms with Crippen molar-refractivity contribution >= 4 is 11.9 Å². The first-order valence-electron chi connectivity index (χ1n) is 10.9. The lowest BCUT2D eigenvalue weighted by Gasteiger charge is -2.25. The van der Waals surface area contributed by atoms with E-state index in [-0.39, 0.29) is 43.0 Å². The van der Waals surface area contributed by atoms with Crippen LogP contribution in [0.5, 0.6) is 0 Å². The Labute approximate surface area is 195 Å². The van der Waals surface area contributed by atoms with Crippen LogP contribution in [0.25, 0.3) is 11.1 Å². The van der Waals surface area contributed by atoms with Gasteiger partial charge in [0.15, 0.2) is 0 Å². The molecule has 34 heavy (non-hydrogen) atoms. The van der Waals surface area contributed by atoms with Crippen molar-refractivity contribution in [2.45, 2.75) is 38.9 Å². The summed E-state index contributed by atoms with van der Waals surface area (Å²) in [4.78, 5) is 29.4. The first kappa shape index (κ1) is 25.0. The number of carboxylic acids is 1. The molecule has 3 rings (SSSR count). The molecule has 0 radical (unpaired) electrons. The Morgan fingerprint density at radius 1 is 1.00 bits per heavy atom. The van der Waals surface area contributed by atoms with Crippen molar-refractivity contribution in [1.29, 1.82) is 0 Å². The Bertz CT molecular complexity index is 1150. The molecule has 0 saturated heterocycles. The van der Waals surface area contributed by atoms with Crippen molar-refractivity contribution in [3.05, 3.63) is 89.2 Å². The maximum atomic E-state index is 13.9. The molecule has 0 aliphatic carbocycles. The summed E-state index contributed by atoms with van der Waals surface area (Å²) in [6, 6.07) is 14.8. The molecule has 0 unspecified atom stereocenters. The summed E-state index contributed by atoms with van der Waals surface area (Å²) >= 11 is 0. The van der Waals surface area contributed by atoms with Crippen molar-refractivity contribution in [3.8, 4) is 11.1 Å². The van der Waals surface area contributed by atoms with Gasteiger partial charge in [-0.3, -0.25) is 14.6 Å². The monoisotopic (exact) mass is 470 g/mol. The van der Waals surface area contributed by atoms with E-state index >= 15 is 0 Å². The average Bonchev–Trinajstić information content (AvgIpc) is 2.80. The third-order valence-corrected chi connectivity index (χ3v) is 5.50. The second-order valence-corrected chi connectivity index (χ2v) is 7.88. The molecule has 1 heterocycles. The molecule has 0 saturated carbocycles. The minimum absolute atomic E-state index is 0.0424. The molecule has 0 spiro atoms. The van der Waals surface area contributed by atoms with Gasteiger partial charge in [0.05, 0.1) is 12.0 Å². The molecular formula is C26H25F3N2O3. The van der Waals surface area contributed by atoms with Crippen molar-refractivity contribution in [2.75, 3.05) is 6.54 Å². The van der Waals surface area contributed by atoms with Gasteiger partial charge in [-0.2, -0.15) is 13.2 Å². The first-order valence-corrected chi connectivity index (χ1v) is 10.9. The minimum Gasteiger partial charge on any atom is -0.481 e. The molecule has 5 nitrogen and oxygen atoms in total. The number of amides is 1. The van der Waals surface area contributed by atoms with Gasteiger partial charge in [-0.1, -0.05) is 42.5 Å². The summed E-state index contributed by atoms with van der Waals surface area (Å²) in [7, 11) is 0. The van der Waals surface area contributed by atoms with E-state index < -0.39 is 17.7 Å². The molecule has 3 aromatic rings. The van der Waals surface area contributed by atoms with Crippen molar-refractivity contribution in [3.63, 3.8) is 0 Å². The van der Waals surface area contributed by atoms with Gasteiger partial charge in [0.1, 0.15) is 0 Å². The SMILES string of the molecule is CCN(Cc1c(-c2cncc(CC(=O)O)c2)cccc1C(F)(F)F)C(=O)CCc1ccccc1. The van der Waals surface area contributed by atoms with E-state index in [1.165, 1.54) is 35.5 Å². The summed E-state index contributed by atoms with van der Waals surface area (Å²) in [6.07, 6.45) is -1.48. The number of aryl methyl sites for hydroxylation is 1. The number of halogens is 3. The van der Waals surface area contributed by atoms with Gasteiger partial charge in [0, 0.05) is 37.5 Å². The maximum Gasteiger partial charge on any atom is 0.416 e. The highest BCUT2D eigenvalue weighted by atomic mass is 19.4. The number of alkyl halides is 3. The van der Waals surface area contributed by atoms with Crippen LogP contribution < -0.4 is 0 Å². The number of aliphatic carboxylic acids is 1. The van der Waals surface area contributed by atoms with Gasteiger partial charge in [-0.25, -0.2) is 0 Å². The Morgan fingerprint density at radius 3 is 2.38 bits per heavy atom. The molecule has 1 aromatic heterocycles. The Morgan fingerprint density at radius 2 is 1.74 bits per heavy atom. The molecule has 0 aliphatic rings. The third-order valence-electron chi connectivity index (χ3n) is 5.50. The van der Waals surface area contributed by atoms with Crippen molar-refractivity contribution in [1.82, 2.24) is 9.88 Å². The number of rotatable bonds is 9. The van der Waals surface area contributed by atoms with Gasteiger partial charge in [-0.15, -0.1) is 0 Å². The number of hydrogen-bond donors (Lipinski definition) is 1. The van der Waals surface area contributed by atoms with E-state index in [0.29, 0.717) is 17.5 Å². The average molecular weight is 470 g/mol. The van der Waals surface area contributed by atoms with E-state index in [2.05, 4.69) is 4.98 Å². The molecule has 0 bridgehead atoms. The van der Waals surface area contributed by atoms with Crippen LogP contribution in [0.2, 0.25) is 0 Å². The van der Waals surface area contributed by atoms with Gasteiger partial charge < -0.3 is 10.0 Å². The number of carboxylic acid groups (broad SMARTS) is 1. The van der Waals surface area contributed by atoms with Crippen LogP contribution in [0.1, 0.15) is 35.6 Å². The molecule has 178 valence electrons. The zero-order valence-electron chi connectivity index (χ0n) is 18.7. The Balaban J connectivity index is 1.95. The highest BCUT2D eigenvalue weighted by molar-refractivity contribution is 5.78. The zero-order chi connectivity index (χ0) is 24.7. The van der Waals surface area contributed by atoms with Crippen LogP contribution in [0.4, 0.5) is 13.2 Å². The molecule has 0 aliphatic heterocycles. The molecule has 2 aromatic carbocycles. The minimum atomic E-state index is -4.62. The van der Waals surface area contributed by atoms with Crippen LogP contribution in [0.15, 0.2) is 67.0 Å². The maximum absolute atomic E-state index is 13.9. The predicted molar refractivity (Wildman–Crippen MR) is 122 cm³/mol. The van der Waals surface area contributed by atoms with Crippen LogP contribution in [-0.2, 0) is 35.2 Å². The number of nitrogens with zero attached hydrogens (tertiary/aromatic N) is 2. The van der Waals surface area contributed by atoms with Crippen LogP contribution in [-0.4, -0.2) is 33.4 Å². The highest BCUT2D eigenvalue weighted by Gasteiger charge is 2.35. The lowest BCUT2D eigenvalue weighted by atomic mass is 9.94. The predicted octanol–water partition coefficient (Wildman–Crippen LogP) is 5.38. The van der Waals surface area contributed by atoms with Crippen molar-refractivity contribution < 1.29 is 27.9 Å². The normalized spacial score (nSPS) is 11.3. The fourth-order valence-electron chi connectivity index (χ4n) is 3.82. The number of benzene rings is 2. The van der Waals surface area contributed by atoms with E-state index in [0.717, 1.165) is 11.6 Å². The van der Waals surface area contributed by atoms with Gasteiger partial charge in [0.25, 0.3) is 0 Å². The number of aromatic nitrogens is 1. The standard InChI is InChI=1S/C26H25F3N2O3/c1-2-31(24(32)12-11-18-7-4-3-5-8-18)17-22-21(9-6-10-23(22)26(27,28)29)20-13-19(14-25(33)34)15-30-16-20/h3-10,13,15-16H,2,11-12,14,17H2,1H3,(H,33,34). The second kappa shape index (κ2) is 11.0. The Kier molecular flexibility index (Phi) is 8.04. The molecule has 1 amide bonds. The van der Waals surface area contributed by atoms with E-state index in [4.69, 9.17) is 5.11 Å². The fourth-order valence-corrected chi connectivity index (χ4v) is 3.82. The quantitative estimate of drug-likeness (QED) is 0.456. The largest absolute Gasteiger partial charge is 0.481 e. The number of hydrogen-bond acceptors (Lipinski definition) is 3. The summed E-state index contributed by atoms with van der Waals surface area (Å²) in [6.45, 7) is 1.75. The first-order chi connectivity index (χ1) is 16.2. The lowest BCUT2D eigenvalue weighted by molar-refractivity contribution is -0.139. The van der Waals surface area contributed by atoms with Gasteiger partial charge >= 0.3 is 12.1 Å². The number of carbonyl (C=O) groups is 2. The molecule has 0 atom stereocenters. The topological polar surface area (TPSA) is 70.5 Å². The molecule has 1 N–H and O–H groups in total. The van der Waals surface area contributed by atoms with Gasteiger partial charge in [0.2, 0.25) is 5.91 Å². The summed E-state index contributed by atoms with van der Waals surface area (Å²) in [5.41, 5.74) is 1.11. The molecule has 0 fully saturated rings. The second-order valence-electron chi connectivity index (χ2n) is 7.88. The lowest BCUT2D eigenvalue weighted by Crippen LogP contribution is -2.31. The van der Waals surface area contributed by atoms with Crippen molar-refractivity contribution in [2.24, 2.45) is 0 Å². The van der Waals surface area contributed by atoms with Crippen LogP contribution >= 0.6 is 0 Å². The van der Waals surface area contributed by atoms with E-state index in [1.807, 2.05) is 30.3 Å². The van der Waals surface area contributed by atoms with E-state index in [9.17, 15) is 22.8 Å². The number of pyridine rings is 1. The molecular weight excluding hydrogens is 445 g/mol. The zero-order valence-corrected chi connectivity index (χ0v) is 18.7. The third kappa shape index (κ3) is 6.43. The summed E-state index contributed by atoms with van der Waals surface area (Å²) in [5.74, 6) is -1.31. The Hall–Kier alpha value is -3.68. The highest BCUT2D eigenvalue weighted by Crippen LogP contribution is 2.37. The smallest absolute Gasteiger partial charge is 0.416 e. The number of carbonyl (C=O) groups excluding carboxylic acids is 1. The van der Waals surface area contributed by atoms with Crippen LogP contribution in [0, 0.1) is 0 Å². The van der Waals surface area contributed by atoms with Gasteiger partial charge in [-0.05, 0) is 47.7 Å². The summed E-state index contributed by atoms with van der Waals surface area (Å²) in [5, 5.41) is 9.06.